The molecule has 3 N–H and O–H groups in total. The Bertz CT molecular complexity index is 918. The Kier molecular flexibility index (Phi) is 5.59. The number of halogens is 1. The van der Waals surface area contributed by atoms with E-state index < -0.39 is 21.3 Å². The van der Waals surface area contributed by atoms with Crippen LogP contribution in [0.2, 0.25) is 0 Å². The molecule has 3 rings (SSSR count). The first-order valence-electron chi connectivity index (χ1n) is 8.59. The zero-order valence-electron chi connectivity index (χ0n) is 14.6. The molecule has 1 amide bonds. The highest BCUT2D eigenvalue weighted by Crippen LogP contribution is 2.26. The van der Waals surface area contributed by atoms with Crippen molar-refractivity contribution in [2.45, 2.75) is 24.9 Å². The molecule has 1 heterocycles. The number of carbonyl (C=O) groups excluding carboxylic acids is 1. The first-order chi connectivity index (χ1) is 12.9. The van der Waals surface area contributed by atoms with Crippen LogP contribution in [-0.4, -0.2) is 36.6 Å². The van der Waals surface area contributed by atoms with Crippen molar-refractivity contribution in [2.75, 3.05) is 11.5 Å². The number of hydrogen-bond donors (Lipinski definition) is 3. The molecule has 2 aromatic carbocycles. The monoisotopic (exact) mass is 392 g/mol. The first-order valence-corrected chi connectivity index (χ1v) is 10.4. The maximum Gasteiger partial charge on any atom is 0.263 e. The lowest BCUT2D eigenvalue weighted by atomic mass is 9.91. The number of rotatable bonds is 5. The number of amides is 1. The second-order valence-corrected chi connectivity index (χ2v) is 9.01. The van der Waals surface area contributed by atoms with Crippen LogP contribution < -0.4 is 10.8 Å². The summed E-state index contributed by atoms with van der Waals surface area (Å²) in [6.07, 6.45) is 0.0958. The molecule has 2 aromatic rings. The van der Waals surface area contributed by atoms with Gasteiger partial charge in [0.1, 0.15) is 21.2 Å². The third-order valence-electron chi connectivity index (χ3n) is 4.97. The molecule has 6 nitrogen and oxygen atoms in total. The van der Waals surface area contributed by atoms with Crippen LogP contribution in [0, 0.1) is 5.82 Å². The summed E-state index contributed by atoms with van der Waals surface area (Å²) in [5, 5.41) is 12.1. The third kappa shape index (κ3) is 4.35. The van der Waals surface area contributed by atoms with Crippen molar-refractivity contribution >= 4 is 15.7 Å². The van der Waals surface area contributed by atoms with E-state index in [1.165, 1.54) is 6.07 Å². The lowest BCUT2D eigenvalue weighted by Gasteiger charge is -2.35. The number of hydroxylamine groups is 1. The van der Waals surface area contributed by atoms with E-state index in [1.807, 2.05) is 30.3 Å². The Morgan fingerprint density at radius 1 is 1.11 bits per heavy atom. The minimum atomic E-state index is -3.18. The molecule has 0 unspecified atom stereocenters. The van der Waals surface area contributed by atoms with Crippen LogP contribution in [0.3, 0.4) is 0 Å². The zero-order chi connectivity index (χ0) is 19.5. The van der Waals surface area contributed by atoms with Gasteiger partial charge in [-0.05, 0) is 30.0 Å². The van der Waals surface area contributed by atoms with Crippen molar-refractivity contribution < 1.29 is 22.8 Å². The van der Waals surface area contributed by atoms with Gasteiger partial charge in [-0.2, -0.15) is 0 Å². The van der Waals surface area contributed by atoms with Gasteiger partial charge >= 0.3 is 0 Å². The van der Waals surface area contributed by atoms with Crippen LogP contribution in [0.5, 0.6) is 0 Å². The minimum absolute atomic E-state index is 0.0479. The molecule has 1 fully saturated rings. The molecule has 0 saturated carbocycles. The molecule has 0 atom stereocenters. The average molecular weight is 392 g/mol. The quantitative estimate of drug-likeness (QED) is 0.535. The van der Waals surface area contributed by atoms with Crippen LogP contribution in [0.15, 0.2) is 48.5 Å². The van der Waals surface area contributed by atoms with E-state index in [2.05, 4.69) is 5.32 Å². The Morgan fingerprint density at radius 2 is 1.78 bits per heavy atom. The molecule has 1 aliphatic rings. The Morgan fingerprint density at radius 3 is 2.37 bits per heavy atom. The summed E-state index contributed by atoms with van der Waals surface area (Å²) >= 11 is 0. The SMILES string of the molecule is O=C(NO)C1(NCc2ccc(-c3ccccc3)c(F)c2)CCS(=O)(=O)CC1. The molecule has 144 valence electrons. The van der Waals surface area contributed by atoms with Gasteiger partial charge < -0.3 is 0 Å². The summed E-state index contributed by atoms with van der Waals surface area (Å²) in [7, 11) is -3.18. The number of hydrogen-bond acceptors (Lipinski definition) is 5. The Balaban J connectivity index is 1.76. The standard InChI is InChI=1S/C19H21FN2O4S/c20-17-12-14(6-7-16(17)15-4-2-1-3-5-15)13-21-19(18(23)22-24)8-10-27(25,26)11-9-19/h1-7,12,21,24H,8-11,13H2,(H,22,23). The largest absolute Gasteiger partial charge is 0.299 e. The van der Waals surface area contributed by atoms with Crippen LogP contribution in [-0.2, 0) is 21.2 Å². The van der Waals surface area contributed by atoms with Gasteiger partial charge in [0, 0.05) is 12.1 Å². The third-order valence-corrected chi connectivity index (χ3v) is 6.62. The molecule has 0 spiro atoms. The molecule has 27 heavy (non-hydrogen) atoms. The van der Waals surface area contributed by atoms with Gasteiger partial charge in [0.05, 0.1) is 11.5 Å². The lowest BCUT2D eigenvalue weighted by molar-refractivity contribution is -0.136. The molecule has 0 radical (unpaired) electrons. The van der Waals surface area contributed by atoms with Crippen molar-refractivity contribution in [1.29, 1.82) is 0 Å². The second-order valence-electron chi connectivity index (χ2n) is 6.71. The minimum Gasteiger partial charge on any atom is -0.299 e. The predicted molar refractivity (Wildman–Crippen MR) is 99.2 cm³/mol. The van der Waals surface area contributed by atoms with Crippen molar-refractivity contribution in [1.82, 2.24) is 10.8 Å². The summed E-state index contributed by atoms with van der Waals surface area (Å²) < 4.78 is 37.8. The molecule has 0 aliphatic carbocycles. The number of sulfone groups is 1. The molecule has 0 bridgehead atoms. The summed E-state index contributed by atoms with van der Waals surface area (Å²) in [4.78, 5) is 12.1. The fourth-order valence-electron chi connectivity index (χ4n) is 3.27. The van der Waals surface area contributed by atoms with Crippen LogP contribution in [0.1, 0.15) is 18.4 Å². The molecule has 8 heteroatoms. The summed E-state index contributed by atoms with van der Waals surface area (Å²) in [5.74, 6) is -1.35. The van der Waals surface area contributed by atoms with Gasteiger partial charge in [-0.15, -0.1) is 0 Å². The summed E-state index contributed by atoms with van der Waals surface area (Å²) in [5.41, 5.74) is 2.27. The highest BCUT2D eigenvalue weighted by Gasteiger charge is 2.43. The first kappa shape index (κ1) is 19.5. The molecule has 0 aromatic heterocycles. The van der Waals surface area contributed by atoms with Gasteiger partial charge in [-0.1, -0.05) is 42.5 Å². The zero-order valence-corrected chi connectivity index (χ0v) is 15.4. The molecule has 1 aliphatic heterocycles. The fraction of sp³-hybridized carbons (Fsp3) is 0.316. The van der Waals surface area contributed by atoms with Crippen molar-refractivity contribution in [3.05, 3.63) is 59.9 Å². The highest BCUT2D eigenvalue weighted by molar-refractivity contribution is 7.91. The van der Waals surface area contributed by atoms with E-state index in [4.69, 9.17) is 5.21 Å². The van der Waals surface area contributed by atoms with Crippen LogP contribution >= 0.6 is 0 Å². The van der Waals surface area contributed by atoms with Crippen molar-refractivity contribution in [2.24, 2.45) is 0 Å². The fourth-order valence-corrected chi connectivity index (χ4v) is 4.79. The highest BCUT2D eigenvalue weighted by atomic mass is 32.2. The van der Waals surface area contributed by atoms with E-state index in [-0.39, 0.29) is 36.7 Å². The maximum atomic E-state index is 14.5. The number of nitrogens with one attached hydrogen (secondary N) is 2. The molecular formula is C19H21FN2O4S. The van der Waals surface area contributed by atoms with Gasteiger partial charge in [-0.25, -0.2) is 18.3 Å². The maximum absolute atomic E-state index is 14.5. The Labute approximate surface area is 157 Å². The van der Waals surface area contributed by atoms with Crippen molar-refractivity contribution in [3.63, 3.8) is 0 Å². The van der Waals surface area contributed by atoms with Gasteiger partial charge in [0.15, 0.2) is 0 Å². The topological polar surface area (TPSA) is 95.5 Å². The summed E-state index contributed by atoms with van der Waals surface area (Å²) in [6.45, 7) is 0.166. The average Bonchev–Trinajstić information content (AvgIpc) is 2.67. The second kappa shape index (κ2) is 7.75. The van der Waals surface area contributed by atoms with E-state index >= 15 is 0 Å². The van der Waals surface area contributed by atoms with Crippen LogP contribution in [0.4, 0.5) is 4.39 Å². The van der Waals surface area contributed by atoms with Gasteiger partial charge in [-0.3, -0.25) is 15.3 Å². The Hall–Kier alpha value is -2.29. The van der Waals surface area contributed by atoms with Crippen molar-refractivity contribution in [3.8, 4) is 11.1 Å². The van der Waals surface area contributed by atoms with E-state index in [1.54, 1.807) is 17.6 Å². The van der Waals surface area contributed by atoms with Gasteiger partial charge in [0.2, 0.25) is 0 Å². The number of benzene rings is 2. The van der Waals surface area contributed by atoms with E-state index in [9.17, 15) is 17.6 Å². The van der Waals surface area contributed by atoms with E-state index in [0.29, 0.717) is 11.1 Å². The smallest absolute Gasteiger partial charge is 0.263 e. The van der Waals surface area contributed by atoms with Gasteiger partial charge in [0.25, 0.3) is 5.91 Å². The van der Waals surface area contributed by atoms with E-state index in [0.717, 1.165) is 5.56 Å². The molecular weight excluding hydrogens is 371 g/mol. The van der Waals surface area contributed by atoms with Crippen LogP contribution in [0.25, 0.3) is 11.1 Å². The predicted octanol–water partition coefficient (Wildman–Crippen LogP) is 2.04. The normalized spacial score (nSPS) is 18.0. The lowest BCUT2D eigenvalue weighted by Crippen LogP contribution is -2.59. The number of carbonyl (C=O) groups is 1. The molecule has 1 saturated heterocycles. The summed E-state index contributed by atoms with van der Waals surface area (Å²) in [6, 6.07) is 14.0.